The Kier molecular flexibility index (Phi) is 5.25. The number of methoxy groups -OCH3 is 1. The number of nitrogens with zero attached hydrogens (tertiary/aromatic N) is 1. The van der Waals surface area contributed by atoms with Crippen LogP contribution in [0.4, 0.5) is 4.39 Å². The van der Waals surface area contributed by atoms with Crippen molar-refractivity contribution in [3.8, 4) is 0 Å². The summed E-state index contributed by atoms with van der Waals surface area (Å²) < 4.78 is 17.7. The number of ether oxygens (including phenoxy) is 1. The van der Waals surface area contributed by atoms with Crippen molar-refractivity contribution < 1.29 is 13.9 Å². The van der Waals surface area contributed by atoms with E-state index in [0.29, 0.717) is 5.56 Å². The van der Waals surface area contributed by atoms with Gasteiger partial charge in [-0.25, -0.2) is 4.39 Å². The predicted octanol–water partition coefficient (Wildman–Crippen LogP) is 1.37. The van der Waals surface area contributed by atoms with E-state index in [2.05, 4.69) is 0 Å². The molecule has 0 aliphatic rings. The van der Waals surface area contributed by atoms with Crippen LogP contribution in [-0.2, 0) is 4.74 Å². The van der Waals surface area contributed by atoms with Crippen LogP contribution in [0.2, 0.25) is 0 Å². The van der Waals surface area contributed by atoms with Crippen molar-refractivity contribution >= 4 is 5.91 Å². The average molecular weight is 254 g/mol. The first-order valence-electron chi connectivity index (χ1n) is 5.67. The monoisotopic (exact) mass is 254 g/mol. The van der Waals surface area contributed by atoms with Gasteiger partial charge in [0.05, 0.1) is 12.1 Å². The second-order valence-electron chi connectivity index (χ2n) is 4.30. The number of hydrogen-bond donors (Lipinski definition) is 1. The van der Waals surface area contributed by atoms with Crippen molar-refractivity contribution in [2.75, 3.05) is 27.9 Å². The highest BCUT2D eigenvalue weighted by atomic mass is 19.1. The van der Waals surface area contributed by atoms with Crippen LogP contribution in [0.1, 0.15) is 22.0 Å². The van der Waals surface area contributed by atoms with Gasteiger partial charge in [-0.2, -0.15) is 0 Å². The summed E-state index contributed by atoms with van der Waals surface area (Å²) in [6, 6.07) is 6.15. The van der Waals surface area contributed by atoms with Crippen LogP contribution in [0.3, 0.4) is 0 Å². The van der Waals surface area contributed by atoms with E-state index in [1.165, 1.54) is 12.0 Å². The molecular formula is C13H19FN2O2. The van der Waals surface area contributed by atoms with E-state index in [0.717, 1.165) is 5.56 Å². The first kappa shape index (κ1) is 14.6. The molecule has 0 radical (unpaired) electrons. The standard InChI is InChI=1S/C13H19FN2O2/c1-16(2)13(17)10-6-4-9(5-7-10)12(18-3)11(15)8-14/h4-7,11-12H,8,15H2,1-3H3. The van der Waals surface area contributed by atoms with Gasteiger partial charge < -0.3 is 15.4 Å². The van der Waals surface area contributed by atoms with E-state index < -0.39 is 18.8 Å². The summed E-state index contributed by atoms with van der Waals surface area (Å²) in [5.41, 5.74) is 6.97. The minimum atomic E-state index is -0.703. The number of carbonyl (C=O) groups excluding carboxylic acids is 1. The molecule has 0 saturated carbocycles. The number of nitrogens with two attached hydrogens (primary N) is 1. The lowest BCUT2D eigenvalue weighted by Crippen LogP contribution is -2.31. The lowest BCUT2D eigenvalue weighted by molar-refractivity contribution is 0.0719. The van der Waals surface area contributed by atoms with Gasteiger partial charge in [0.1, 0.15) is 6.67 Å². The SMILES string of the molecule is COC(c1ccc(C(=O)N(C)C)cc1)C(N)CF. The number of rotatable bonds is 5. The molecule has 5 heteroatoms. The number of hydrogen-bond acceptors (Lipinski definition) is 3. The van der Waals surface area contributed by atoms with E-state index >= 15 is 0 Å². The predicted molar refractivity (Wildman–Crippen MR) is 68.2 cm³/mol. The summed E-state index contributed by atoms with van der Waals surface area (Å²) in [7, 11) is 4.86. The Morgan fingerprint density at radius 1 is 1.39 bits per heavy atom. The number of carbonyl (C=O) groups is 1. The van der Waals surface area contributed by atoms with Crippen molar-refractivity contribution in [3.63, 3.8) is 0 Å². The van der Waals surface area contributed by atoms with Crippen molar-refractivity contribution in [3.05, 3.63) is 35.4 Å². The van der Waals surface area contributed by atoms with Crippen molar-refractivity contribution in [1.29, 1.82) is 0 Å². The smallest absolute Gasteiger partial charge is 0.253 e. The molecule has 0 bridgehead atoms. The van der Waals surface area contributed by atoms with E-state index in [9.17, 15) is 9.18 Å². The molecule has 4 nitrogen and oxygen atoms in total. The fraction of sp³-hybridized carbons (Fsp3) is 0.462. The Morgan fingerprint density at radius 2 is 1.94 bits per heavy atom. The third-order valence-corrected chi connectivity index (χ3v) is 2.71. The third-order valence-electron chi connectivity index (χ3n) is 2.71. The van der Waals surface area contributed by atoms with Gasteiger partial charge in [0.2, 0.25) is 0 Å². The molecule has 100 valence electrons. The Bertz CT molecular complexity index is 392. The minimum Gasteiger partial charge on any atom is -0.375 e. The summed E-state index contributed by atoms with van der Waals surface area (Å²) in [6.45, 7) is -0.656. The van der Waals surface area contributed by atoms with Crippen molar-refractivity contribution in [2.24, 2.45) is 5.73 Å². The number of benzene rings is 1. The van der Waals surface area contributed by atoms with Gasteiger partial charge >= 0.3 is 0 Å². The van der Waals surface area contributed by atoms with Crippen molar-refractivity contribution in [2.45, 2.75) is 12.1 Å². The molecule has 1 rings (SSSR count). The molecule has 1 aromatic rings. The van der Waals surface area contributed by atoms with E-state index in [1.807, 2.05) is 0 Å². The van der Waals surface area contributed by atoms with Gasteiger partial charge in [0.15, 0.2) is 0 Å². The topological polar surface area (TPSA) is 55.6 Å². The van der Waals surface area contributed by atoms with Crippen LogP contribution in [0.15, 0.2) is 24.3 Å². The third kappa shape index (κ3) is 3.27. The molecule has 18 heavy (non-hydrogen) atoms. The van der Waals surface area contributed by atoms with Crippen LogP contribution in [0.25, 0.3) is 0 Å². The van der Waals surface area contributed by atoms with Crippen LogP contribution in [-0.4, -0.2) is 44.7 Å². The molecule has 0 aliphatic carbocycles. The summed E-state index contributed by atoms with van der Waals surface area (Å²) in [4.78, 5) is 13.2. The molecule has 2 atom stereocenters. The summed E-state index contributed by atoms with van der Waals surface area (Å²) in [5.74, 6) is -0.0784. The number of halogens is 1. The molecule has 2 N–H and O–H groups in total. The quantitative estimate of drug-likeness (QED) is 0.863. The van der Waals surface area contributed by atoms with Gasteiger partial charge in [-0.1, -0.05) is 12.1 Å². The van der Waals surface area contributed by atoms with E-state index in [1.54, 1.807) is 38.4 Å². The molecule has 2 unspecified atom stereocenters. The van der Waals surface area contributed by atoms with Gasteiger partial charge in [0.25, 0.3) is 5.91 Å². The first-order valence-corrected chi connectivity index (χ1v) is 5.67. The zero-order chi connectivity index (χ0) is 13.7. The van der Waals surface area contributed by atoms with E-state index in [4.69, 9.17) is 10.5 Å². The van der Waals surface area contributed by atoms with Crippen LogP contribution in [0, 0.1) is 0 Å². The first-order chi connectivity index (χ1) is 8.51. The number of alkyl halides is 1. The van der Waals surface area contributed by atoms with Gasteiger partial charge in [0, 0.05) is 26.8 Å². The van der Waals surface area contributed by atoms with Crippen molar-refractivity contribution in [1.82, 2.24) is 4.90 Å². The Morgan fingerprint density at radius 3 is 2.33 bits per heavy atom. The lowest BCUT2D eigenvalue weighted by Gasteiger charge is -2.21. The van der Waals surface area contributed by atoms with Crippen LogP contribution in [0.5, 0.6) is 0 Å². The van der Waals surface area contributed by atoms with Crippen LogP contribution >= 0.6 is 0 Å². The molecular weight excluding hydrogens is 235 g/mol. The molecule has 0 aromatic heterocycles. The normalized spacial score (nSPS) is 14.1. The average Bonchev–Trinajstić information content (AvgIpc) is 2.39. The zero-order valence-corrected chi connectivity index (χ0v) is 10.9. The Labute approximate surface area is 107 Å². The van der Waals surface area contributed by atoms with Gasteiger partial charge in [-0.3, -0.25) is 4.79 Å². The second kappa shape index (κ2) is 6.47. The largest absolute Gasteiger partial charge is 0.375 e. The molecule has 1 aromatic carbocycles. The Balaban J connectivity index is 2.91. The molecule has 0 aliphatic heterocycles. The van der Waals surface area contributed by atoms with Gasteiger partial charge in [-0.15, -0.1) is 0 Å². The maximum atomic E-state index is 12.6. The fourth-order valence-corrected chi connectivity index (χ4v) is 1.71. The highest BCUT2D eigenvalue weighted by Crippen LogP contribution is 2.20. The lowest BCUT2D eigenvalue weighted by atomic mass is 10.0. The Hall–Kier alpha value is -1.46. The zero-order valence-electron chi connectivity index (χ0n) is 10.9. The maximum Gasteiger partial charge on any atom is 0.253 e. The van der Waals surface area contributed by atoms with Gasteiger partial charge in [-0.05, 0) is 17.7 Å². The molecule has 0 fully saturated rings. The highest BCUT2D eigenvalue weighted by molar-refractivity contribution is 5.93. The molecule has 0 saturated heterocycles. The summed E-state index contributed by atoms with van der Waals surface area (Å²) in [6.07, 6.45) is -0.501. The summed E-state index contributed by atoms with van der Waals surface area (Å²) >= 11 is 0. The minimum absolute atomic E-state index is 0.0784. The van der Waals surface area contributed by atoms with E-state index in [-0.39, 0.29) is 5.91 Å². The van der Waals surface area contributed by atoms with Crippen LogP contribution < -0.4 is 5.73 Å². The fourth-order valence-electron chi connectivity index (χ4n) is 1.71. The molecule has 1 amide bonds. The highest BCUT2D eigenvalue weighted by Gasteiger charge is 2.19. The number of amides is 1. The second-order valence-corrected chi connectivity index (χ2v) is 4.30. The summed E-state index contributed by atoms with van der Waals surface area (Å²) in [5, 5.41) is 0. The molecule has 0 spiro atoms. The maximum absolute atomic E-state index is 12.6. The molecule has 0 heterocycles.